The Bertz CT molecular complexity index is 306. The highest BCUT2D eigenvalue weighted by molar-refractivity contribution is 5.77. The van der Waals surface area contributed by atoms with Gasteiger partial charge in [-0.15, -0.1) is 6.42 Å². The van der Waals surface area contributed by atoms with Gasteiger partial charge in [0.25, 0.3) is 0 Å². The molecule has 2 fully saturated rings. The van der Waals surface area contributed by atoms with Crippen molar-refractivity contribution in [1.29, 1.82) is 0 Å². The Labute approximate surface area is 103 Å². The summed E-state index contributed by atoms with van der Waals surface area (Å²) in [4.78, 5) is 14.0. The molecule has 4 nitrogen and oxygen atoms in total. The molecule has 0 aromatic rings. The van der Waals surface area contributed by atoms with E-state index >= 15 is 0 Å². The lowest BCUT2D eigenvalue weighted by molar-refractivity contribution is -0.120. The first-order valence-electron chi connectivity index (χ1n) is 6.44. The van der Waals surface area contributed by atoms with E-state index in [1.54, 1.807) is 0 Å². The first-order valence-corrected chi connectivity index (χ1v) is 6.44. The number of hydrogen-bond donors (Lipinski definition) is 2. The van der Waals surface area contributed by atoms with Crippen molar-refractivity contribution in [3.8, 4) is 12.3 Å². The van der Waals surface area contributed by atoms with E-state index in [4.69, 9.17) is 6.42 Å². The van der Waals surface area contributed by atoms with Gasteiger partial charge in [-0.3, -0.25) is 10.1 Å². The Hall–Kier alpha value is -1.05. The molecule has 0 aromatic carbocycles. The zero-order valence-corrected chi connectivity index (χ0v) is 10.2. The van der Waals surface area contributed by atoms with Crippen molar-refractivity contribution in [2.75, 3.05) is 32.7 Å². The number of likely N-dealkylation sites (tertiary alicyclic amines) is 1. The van der Waals surface area contributed by atoms with E-state index in [1.807, 2.05) is 0 Å². The highest BCUT2D eigenvalue weighted by Gasteiger charge is 2.34. The molecule has 1 saturated heterocycles. The molecule has 1 heterocycles. The van der Waals surface area contributed by atoms with Gasteiger partial charge >= 0.3 is 0 Å². The van der Waals surface area contributed by atoms with Gasteiger partial charge in [-0.25, -0.2) is 0 Å². The Morgan fingerprint density at radius 2 is 2.24 bits per heavy atom. The first-order chi connectivity index (χ1) is 8.29. The van der Waals surface area contributed by atoms with Gasteiger partial charge in [0.15, 0.2) is 0 Å². The molecule has 0 bridgehead atoms. The number of nitrogens with zero attached hydrogens (tertiary/aromatic N) is 1. The van der Waals surface area contributed by atoms with Gasteiger partial charge in [0, 0.05) is 19.1 Å². The summed E-state index contributed by atoms with van der Waals surface area (Å²) in [5.74, 6) is 3.13. The average molecular weight is 235 g/mol. The van der Waals surface area contributed by atoms with Gasteiger partial charge in [-0.1, -0.05) is 5.92 Å². The van der Waals surface area contributed by atoms with Crippen LogP contribution in [0.1, 0.15) is 19.3 Å². The highest BCUT2D eigenvalue weighted by Crippen LogP contribution is 2.31. The number of nitrogens with one attached hydrogen (secondary N) is 2. The maximum absolute atomic E-state index is 11.4. The molecule has 94 valence electrons. The molecule has 1 unspecified atom stereocenters. The Morgan fingerprint density at radius 1 is 1.41 bits per heavy atom. The van der Waals surface area contributed by atoms with Crippen molar-refractivity contribution in [2.24, 2.45) is 5.92 Å². The first kappa shape index (κ1) is 12.4. The predicted octanol–water partition coefficient (Wildman–Crippen LogP) is -0.190. The smallest absolute Gasteiger partial charge is 0.233 e. The third-order valence-electron chi connectivity index (χ3n) is 3.48. The normalized spacial score (nSPS) is 24.5. The predicted molar refractivity (Wildman–Crippen MR) is 67.4 cm³/mol. The molecule has 4 heteroatoms. The molecule has 0 aromatic heterocycles. The van der Waals surface area contributed by atoms with Crippen molar-refractivity contribution >= 4 is 5.91 Å². The number of terminal acetylenes is 1. The van der Waals surface area contributed by atoms with E-state index in [2.05, 4.69) is 21.5 Å². The molecule has 2 rings (SSSR count). The number of hydrogen-bond acceptors (Lipinski definition) is 3. The molecule has 1 aliphatic heterocycles. The molecule has 17 heavy (non-hydrogen) atoms. The van der Waals surface area contributed by atoms with Gasteiger partial charge in [-0.2, -0.15) is 0 Å². The van der Waals surface area contributed by atoms with Crippen LogP contribution in [0.2, 0.25) is 0 Å². The van der Waals surface area contributed by atoms with Crippen molar-refractivity contribution in [3.63, 3.8) is 0 Å². The fourth-order valence-electron chi connectivity index (χ4n) is 2.37. The van der Waals surface area contributed by atoms with E-state index in [1.165, 1.54) is 25.8 Å². The molecule has 0 radical (unpaired) electrons. The molecule has 1 amide bonds. The molecule has 0 spiro atoms. The van der Waals surface area contributed by atoms with E-state index in [9.17, 15) is 4.79 Å². The van der Waals surface area contributed by atoms with Crippen LogP contribution in [0.15, 0.2) is 0 Å². The molecular weight excluding hydrogens is 214 g/mol. The van der Waals surface area contributed by atoms with Crippen LogP contribution in [0.4, 0.5) is 0 Å². The summed E-state index contributed by atoms with van der Waals surface area (Å²) in [6.07, 6.45) is 9.05. The fraction of sp³-hybridized carbons (Fsp3) is 0.769. The summed E-state index contributed by atoms with van der Waals surface area (Å²) < 4.78 is 0. The minimum atomic E-state index is 0.0464. The van der Waals surface area contributed by atoms with E-state index < -0.39 is 0 Å². The second-order valence-electron chi connectivity index (χ2n) is 4.99. The van der Waals surface area contributed by atoms with Crippen LogP contribution in [-0.2, 0) is 4.79 Å². The van der Waals surface area contributed by atoms with E-state index in [0.29, 0.717) is 19.0 Å². The quantitative estimate of drug-likeness (QED) is 0.495. The maximum atomic E-state index is 11.4. The molecule has 1 saturated carbocycles. The Kier molecular flexibility index (Phi) is 4.41. The van der Waals surface area contributed by atoms with Crippen LogP contribution < -0.4 is 10.6 Å². The average Bonchev–Trinajstić information content (AvgIpc) is 3.07. The van der Waals surface area contributed by atoms with Gasteiger partial charge in [0.05, 0.1) is 13.1 Å². The van der Waals surface area contributed by atoms with E-state index in [0.717, 1.165) is 19.1 Å². The van der Waals surface area contributed by atoms with Gasteiger partial charge in [0.1, 0.15) is 0 Å². The van der Waals surface area contributed by atoms with Crippen LogP contribution >= 0.6 is 0 Å². The lowest BCUT2D eigenvalue weighted by Gasteiger charge is -2.15. The zero-order chi connectivity index (χ0) is 12.1. The third kappa shape index (κ3) is 4.03. The molecule has 1 atom stereocenters. The Balaban J connectivity index is 1.56. The molecule has 2 aliphatic rings. The highest BCUT2D eigenvalue weighted by atomic mass is 16.1. The topological polar surface area (TPSA) is 44.4 Å². The summed E-state index contributed by atoms with van der Waals surface area (Å²) in [5.41, 5.74) is 0. The minimum absolute atomic E-state index is 0.0464. The minimum Gasteiger partial charge on any atom is -0.355 e. The second-order valence-corrected chi connectivity index (χ2v) is 4.99. The van der Waals surface area contributed by atoms with Crippen LogP contribution in [0.5, 0.6) is 0 Å². The van der Waals surface area contributed by atoms with Crippen molar-refractivity contribution in [3.05, 3.63) is 0 Å². The van der Waals surface area contributed by atoms with Crippen LogP contribution in [-0.4, -0.2) is 49.6 Å². The van der Waals surface area contributed by atoms with Gasteiger partial charge < -0.3 is 10.2 Å². The summed E-state index contributed by atoms with van der Waals surface area (Å²) in [7, 11) is 0. The molecular formula is C13H21N3O. The molecule has 1 aliphatic carbocycles. The van der Waals surface area contributed by atoms with Crippen LogP contribution in [0, 0.1) is 18.3 Å². The summed E-state index contributed by atoms with van der Waals surface area (Å²) in [5, 5.41) is 5.86. The number of carbonyl (C=O) groups is 1. The number of amides is 1. The van der Waals surface area contributed by atoms with Crippen LogP contribution in [0.3, 0.4) is 0 Å². The number of rotatable bonds is 6. The summed E-state index contributed by atoms with van der Waals surface area (Å²) >= 11 is 0. The Morgan fingerprint density at radius 3 is 2.94 bits per heavy atom. The summed E-state index contributed by atoms with van der Waals surface area (Å²) in [6.45, 7) is 3.94. The van der Waals surface area contributed by atoms with Crippen molar-refractivity contribution < 1.29 is 4.79 Å². The van der Waals surface area contributed by atoms with Crippen molar-refractivity contribution in [1.82, 2.24) is 15.5 Å². The fourth-order valence-corrected chi connectivity index (χ4v) is 2.37. The van der Waals surface area contributed by atoms with Gasteiger partial charge in [0.2, 0.25) is 5.91 Å². The second kappa shape index (κ2) is 6.04. The standard InChI is InChI=1S/C13H21N3O/c1-2-6-14-9-13(17)15-8-11-5-7-16(10-11)12-3-4-12/h1,11-12,14H,3-10H2,(H,15,17). The van der Waals surface area contributed by atoms with Crippen LogP contribution in [0.25, 0.3) is 0 Å². The monoisotopic (exact) mass is 235 g/mol. The zero-order valence-electron chi connectivity index (χ0n) is 10.2. The lowest BCUT2D eigenvalue weighted by Crippen LogP contribution is -2.37. The van der Waals surface area contributed by atoms with Gasteiger partial charge in [-0.05, 0) is 31.7 Å². The molecule has 2 N–H and O–H groups in total. The summed E-state index contributed by atoms with van der Waals surface area (Å²) in [6, 6.07) is 0.855. The maximum Gasteiger partial charge on any atom is 0.233 e. The van der Waals surface area contributed by atoms with E-state index in [-0.39, 0.29) is 5.91 Å². The third-order valence-corrected chi connectivity index (χ3v) is 3.48. The lowest BCUT2D eigenvalue weighted by atomic mass is 10.1. The van der Waals surface area contributed by atoms with Crippen molar-refractivity contribution in [2.45, 2.75) is 25.3 Å². The SMILES string of the molecule is C#CCNCC(=O)NCC1CCN(C2CC2)C1. The number of carbonyl (C=O) groups excluding carboxylic acids is 1. The largest absolute Gasteiger partial charge is 0.355 e.